The first-order valence-corrected chi connectivity index (χ1v) is 7.58. The molecule has 1 aliphatic rings. The van der Waals surface area contributed by atoms with E-state index >= 15 is 0 Å². The zero-order valence-electron chi connectivity index (χ0n) is 13.2. The summed E-state index contributed by atoms with van der Waals surface area (Å²) in [4.78, 5) is 13.8. The summed E-state index contributed by atoms with van der Waals surface area (Å²) in [5.74, 6) is 0.0654. The van der Waals surface area contributed by atoms with Gasteiger partial charge in [0.25, 0.3) is 5.91 Å². The zero-order valence-corrected chi connectivity index (χ0v) is 13.2. The molecule has 2 aromatic heterocycles. The topological polar surface area (TPSA) is 63.9 Å². The van der Waals surface area contributed by atoms with Crippen molar-refractivity contribution in [1.29, 1.82) is 0 Å². The lowest BCUT2D eigenvalue weighted by molar-refractivity contribution is -0.141. The summed E-state index contributed by atoms with van der Waals surface area (Å²) in [6.07, 6.45) is -2.43. The van der Waals surface area contributed by atoms with Crippen molar-refractivity contribution < 1.29 is 18.0 Å². The normalized spacial score (nSPS) is 14.7. The molecule has 2 heterocycles. The number of anilines is 1. The van der Waals surface area contributed by atoms with E-state index in [2.05, 4.69) is 15.3 Å². The third kappa shape index (κ3) is 3.10. The predicted molar refractivity (Wildman–Crippen MR) is 79.6 cm³/mol. The van der Waals surface area contributed by atoms with Gasteiger partial charge in [-0.2, -0.15) is 18.3 Å². The lowest BCUT2D eigenvalue weighted by Crippen LogP contribution is -2.29. The lowest BCUT2D eigenvalue weighted by atomic mass is 10.2. The molecule has 0 aliphatic heterocycles. The fourth-order valence-corrected chi connectivity index (χ4v) is 2.36. The highest BCUT2D eigenvalue weighted by molar-refractivity contribution is 6.04. The van der Waals surface area contributed by atoms with Gasteiger partial charge in [0.2, 0.25) is 0 Å². The van der Waals surface area contributed by atoms with Crippen molar-refractivity contribution >= 4 is 11.7 Å². The Morgan fingerprint density at radius 2 is 2.04 bits per heavy atom. The molecule has 1 amide bonds. The van der Waals surface area contributed by atoms with Crippen molar-refractivity contribution in [2.75, 3.05) is 11.9 Å². The number of aryl methyl sites for hydroxylation is 1. The molecule has 9 heteroatoms. The molecule has 0 unspecified atom stereocenters. The molecule has 0 radical (unpaired) electrons. The average Bonchev–Trinajstić information content (AvgIpc) is 3.32. The third-order valence-electron chi connectivity index (χ3n) is 3.90. The van der Waals surface area contributed by atoms with Crippen molar-refractivity contribution in [3.63, 3.8) is 0 Å². The van der Waals surface area contributed by atoms with Crippen molar-refractivity contribution in [2.45, 2.75) is 38.4 Å². The van der Waals surface area contributed by atoms with Gasteiger partial charge in [-0.3, -0.25) is 14.4 Å². The maximum absolute atomic E-state index is 12.6. The molecule has 1 fully saturated rings. The van der Waals surface area contributed by atoms with Gasteiger partial charge in [-0.25, -0.2) is 0 Å². The van der Waals surface area contributed by atoms with Crippen molar-refractivity contribution in [2.24, 2.45) is 0 Å². The van der Waals surface area contributed by atoms with Gasteiger partial charge in [-0.05, 0) is 38.0 Å². The molecule has 2 aromatic rings. The van der Waals surface area contributed by atoms with Crippen LogP contribution in [0.15, 0.2) is 18.2 Å². The van der Waals surface area contributed by atoms with E-state index in [4.69, 9.17) is 0 Å². The Balaban J connectivity index is 1.84. The molecule has 1 saturated carbocycles. The summed E-state index contributed by atoms with van der Waals surface area (Å²) in [6, 6.07) is 3.68. The van der Waals surface area contributed by atoms with Gasteiger partial charge in [-0.15, -0.1) is 10.2 Å². The molecular formula is C15H16F3N5O. The Morgan fingerprint density at radius 1 is 1.33 bits per heavy atom. The van der Waals surface area contributed by atoms with Crippen LogP contribution in [0.3, 0.4) is 0 Å². The van der Waals surface area contributed by atoms with Gasteiger partial charge in [0.05, 0.1) is 5.69 Å². The van der Waals surface area contributed by atoms with Gasteiger partial charge in [0.1, 0.15) is 5.69 Å². The fraction of sp³-hybridized carbons (Fsp3) is 0.467. The van der Waals surface area contributed by atoms with Gasteiger partial charge in [-0.1, -0.05) is 0 Å². The van der Waals surface area contributed by atoms with E-state index in [1.807, 2.05) is 6.92 Å². The summed E-state index contributed by atoms with van der Waals surface area (Å²) in [7, 11) is 1.45. The first-order chi connectivity index (χ1) is 11.3. The molecule has 3 rings (SSSR count). The van der Waals surface area contributed by atoms with Crippen molar-refractivity contribution in [1.82, 2.24) is 20.0 Å². The number of rotatable bonds is 4. The standard InChI is InChI=1S/C15H16F3N5O/c1-3-23-11(8-10(21-23)9-4-5-9)14(24)22(2)13-7-6-12(19-20-13)15(16,17)18/h6-9H,3-5H2,1-2H3. The Hall–Kier alpha value is -2.45. The molecule has 6 nitrogen and oxygen atoms in total. The first-order valence-electron chi connectivity index (χ1n) is 7.58. The molecule has 0 saturated heterocycles. The molecule has 0 spiro atoms. The van der Waals surface area contributed by atoms with E-state index in [0.29, 0.717) is 18.2 Å². The Bertz CT molecular complexity index is 749. The second kappa shape index (κ2) is 5.88. The lowest BCUT2D eigenvalue weighted by Gasteiger charge is -2.16. The van der Waals surface area contributed by atoms with E-state index in [1.54, 1.807) is 10.7 Å². The van der Waals surface area contributed by atoms with Crippen molar-refractivity contribution in [3.8, 4) is 0 Å². The van der Waals surface area contributed by atoms with Crippen LogP contribution >= 0.6 is 0 Å². The minimum absolute atomic E-state index is 0.0461. The summed E-state index contributed by atoms with van der Waals surface area (Å²) in [5.41, 5.74) is 0.178. The van der Waals surface area contributed by atoms with E-state index in [-0.39, 0.29) is 11.7 Å². The number of aromatic nitrogens is 4. The van der Waals surface area contributed by atoms with E-state index in [9.17, 15) is 18.0 Å². The zero-order chi connectivity index (χ0) is 17.5. The largest absolute Gasteiger partial charge is 0.435 e. The van der Waals surface area contributed by atoms with Gasteiger partial charge < -0.3 is 0 Å². The number of amides is 1. The number of hydrogen-bond donors (Lipinski definition) is 0. The fourth-order valence-electron chi connectivity index (χ4n) is 2.36. The summed E-state index contributed by atoms with van der Waals surface area (Å²) >= 11 is 0. The summed E-state index contributed by atoms with van der Waals surface area (Å²) < 4.78 is 39.2. The molecule has 128 valence electrons. The summed E-state index contributed by atoms with van der Waals surface area (Å²) in [6.45, 7) is 2.40. The summed E-state index contributed by atoms with van der Waals surface area (Å²) in [5, 5.41) is 11.1. The van der Waals surface area contributed by atoms with E-state index < -0.39 is 11.9 Å². The highest BCUT2D eigenvalue weighted by atomic mass is 19.4. The third-order valence-corrected chi connectivity index (χ3v) is 3.90. The molecule has 0 bridgehead atoms. The second-order valence-electron chi connectivity index (χ2n) is 5.68. The Labute approximate surface area is 136 Å². The monoisotopic (exact) mass is 339 g/mol. The maximum atomic E-state index is 12.6. The smallest absolute Gasteiger partial charge is 0.293 e. The van der Waals surface area contributed by atoms with Crippen LogP contribution in [-0.2, 0) is 12.7 Å². The van der Waals surface area contributed by atoms with Crippen LogP contribution in [0.2, 0.25) is 0 Å². The van der Waals surface area contributed by atoms with Crippen LogP contribution in [0.25, 0.3) is 0 Å². The highest BCUT2D eigenvalue weighted by Gasteiger charge is 2.33. The van der Waals surface area contributed by atoms with Crippen LogP contribution in [0.4, 0.5) is 19.0 Å². The molecular weight excluding hydrogens is 323 g/mol. The van der Waals surface area contributed by atoms with Crippen molar-refractivity contribution in [3.05, 3.63) is 35.3 Å². The molecule has 24 heavy (non-hydrogen) atoms. The Morgan fingerprint density at radius 3 is 2.54 bits per heavy atom. The number of carbonyl (C=O) groups is 1. The van der Waals surface area contributed by atoms with Crippen LogP contribution in [0.1, 0.15) is 47.6 Å². The number of halogens is 3. The quantitative estimate of drug-likeness (QED) is 0.859. The molecule has 0 aromatic carbocycles. The molecule has 1 aliphatic carbocycles. The molecule has 0 atom stereocenters. The number of carbonyl (C=O) groups excluding carboxylic acids is 1. The van der Waals surface area contributed by atoms with Crippen LogP contribution in [0, 0.1) is 0 Å². The van der Waals surface area contributed by atoms with E-state index in [1.165, 1.54) is 11.9 Å². The minimum atomic E-state index is -4.56. The van der Waals surface area contributed by atoms with Gasteiger partial charge in [0.15, 0.2) is 11.5 Å². The highest BCUT2D eigenvalue weighted by Crippen LogP contribution is 2.39. The van der Waals surface area contributed by atoms with E-state index in [0.717, 1.165) is 30.7 Å². The number of alkyl halides is 3. The number of hydrogen-bond acceptors (Lipinski definition) is 4. The predicted octanol–water partition coefficient (Wildman–Crippen LogP) is 2.87. The Kier molecular flexibility index (Phi) is 4.02. The first kappa shape index (κ1) is 16.4. The molecule has 0 N–H and O–H groups in total. The van der Waals surface area contributed by atoms with Crippen LogP contribution in [0.5, 0.6) is 0 Å². The average molecular weight is 339 g/mol. The second-order valence-corrected chi connectivity index (χ2v) is 5.68. The van der Waals surface area contributed by atoms with Crippen LogP contribution < -0.4 is 4.90 Å². The van der Waals surface area contributed by atoms with Gasteiger partial charge >= 0.3 is 6.18 Å². The van der Waals surface area contributed by atoms with Gasteiger partial charge in [0, 0.05) is 19.5 Å². The maximum Gasteiger partial charge on any atom is 0.435 e. The minimum Gasteiger partial charge on any atom is -0.293 e. The van der Waals surface area contributed by atoms with Crippen LogP contribution in [-0.4, -0.2) is 32.9 Å². The SMILES string of the molecule is CCn1nc(C2CC2)cc1C(=O)N(C)c1ccc(C(F)(F)F)nn1. The number of nitrogens with zero attached hydrogens (tertiary/aromatic N) is 5.